The van der Waals surface area contributed by atoms with Crippen LogP contribution in [-0.2, 0) is 9.84 Å². The molecule has 5 nitrogen and oxygen atoms in total. The first kappa shape index (κ1) is 22.1. The van der Waals surface area contributed by atoms with Crippen molar-refractivity contribution in [1.82, 2.24) is 5.32 Å². The fraction of sp³-hybridized carbons (Fsp3) is 0.533. The summed E-state index contributed by atoms with van der Waals surface area (Å²) in [5.74, 6) is -0.750. The first-order valence-corrected chi connectivity index (χ1v) is 9.13. The van der Waals surface area contributed by atoms with Crippen molar-refractivity contribution in [2.75, 3.05) is 18.8 Å². The van der Waals surface area contributed by atoms with Crippen LogP contribution in [0.5, 0.6) is 0 Å². The molecule has 132 valence electrons. The van der Waals surface area contributed by atoms with Gasteiger partial charge in [0.2, 0.25) is 0 Å². The molecule has 0 atom stereocenters. The summed E-state index contributed by atoms with van der Waals surface area (Å²) >= 11 is 0. The number of halogens is 2. The summed E-state index contributed by atoms with van der Waals surface area (Å²) in [6.07, 6.45) is 4.40. The van der Waals surface area contributed by atoms with Gasteiger partial charge in [0.1, 0.15) is 10.7 Å². The third-order valence-electron chi connectivity index (χ3n) is 3.14. The van der Waals surface area contributed by atoms with Crippen LogP contribution in [0, 0.1) is 5.82 Å². The normalized spacial score (nSPS) is 11.8. The molecule has 1 aromatic carbocycles. The molecular weight excluding hydrogens is 432 g/mol. The lowest BCUT2D eigenvalue weighted by atomic mass is 10.2. The Morgan fingerprint density at radius 2 is 1.96 bits per heavy atom. The zero-order valence-electron chi connectivity index (χ0n) is 13.3. The van der Waals surface area contributed by atoms with Gasteiger partial charge in [-0.05, 0) is 18.6 Å². The number of nitrogens with two attached hydrogens (primary N) is 1. The Kier molecular flexibility index (Phi) is 11.2. The maximum atomic E-state index is 13.5. The Labute approximate surface area is 154 Å². The molecule has 3 N–H and O–H groups in total. The molecule has 0 radical (unpaired) electrons. The smallest absolute Gasteiger partial charge is 0.188 e. The van der Waals surface area contributed by atoms with Crippen LogP contribution < -0.4 is 11.1 Å². The largest absolute Gasteiger partial charge is 0.370 e. The highest BCUT2D eigenvalue weighted by atomic mass is 127. The fourth-order valence-electron chi connectivity index (χ4n) is 1.91. The van der Waals surface area contributed by atoms with Crippen molar-refractivity contribution in [1.29, 1.82) is 0 Å². The van der Waals surface area contributed by atoms with Crippen LogP contribution in [0.4, 0.5) is 4.39 Å². The molecule has 0 heterocycles. The third-order valence-corrected chi connectivity index (χ3v) is 4.89. The number of guanidine groups is 1. The van der Waals surface area contributed by atoms with Crippen molar-refractivity contribution >= 4 is 39.8 Å². The minimum atomic E-state index is -3.67. The van der Waals surface area contributed by atoms with Crippen LogP contribution >= 0.6 is 24.0 Å². The summed E-state index contributed by atoms with van der Waals surface area (Å²) in [4.78, 5) is 3.83. The summed E-state index contributed by atoms with van der Waals surface area (Å²) in [5, 5.41) is 2.75. The number of benzene rings is 1. The van der Waals surface area contributed by atoms with Crippen LogP contribution in [0.25, 0.3) is 0 Å². The summed E-state index contributed by atoms with van der Waals surface area (Å²) in [6.45, 7) is 2.86. The quantitative estimate of drug-likeness (QED) is 0.259. The summed E-state index contributed by atoms with van der Waals surface area (Å²) < 4.78 is 37.5. The van der Waals surface area contributed by atoms with Crippen molar-refractivity contribution in [2.45, 2.75) is 37.5 Å². The SMILES string of the molecule is CCCCCCN=C(N)NCCS(=O)(=O)c1ccccc1F.I. The van der Waals surface area contributed by atoms with E-state index in [9.17, 15) is 12.8 Å². The lowest BCUT2D eigenvalue weighted by Crippen LogP contribution is -2.35. The molecule has 0 aliphatic rings. The van der Waals surface area contributed by atoms with E-state index in [-0.39, 0.29) is 47.1 Å². The first-order chi connectivity index (χ1) is 10.5. The molecule has 0 aliphatic carbocycles. The number of nitrogens with zero attached hydrogens (tertiary/aromatic N) is 1. The minimum absolute atomic E-state index is 0. The number of sulfone groups is 1. The predicted molar refractivity (Wildman–Crippen MR) is 103 cm³/mol. The second-order valence-corrected chi connectivity index (χ2v) is 7.08. The average Bonchev–Trinajstić information content (AvgIpc) is 2.47. The van der Waals surface area contributed by atoms with E-state index in [1.54, 1.807) is 0 Å². The minimum Gasteiger partial charge on any atom is -0.370 e. The van der Waals surface area contributed by atoms with E-state index < -0.39 is 15.7 Å². The van der Waals surface area contributed by atoms with Gasteiger partial charge in [-0.15, -0.1) is 24.0 Å². The van der Waals surface area contributed by atoms with E-state index >= 15 is 0 Å². The zero-order valence-corrected chi connectivity index (χ0v) is 16.4. The zero-order chi connectivity index (χ0) is 16.4. The molecule has 0 aliphatic heterocycles. The summed E-state index contributed by atoms with van der Waals surface area (Å²) in [7, 11) is -3.67. The van der Waals surface area contributed by atoms with Crippen LogP contribution in [0.1, 0.15) is 32.6 Å². The van der Waals surface area contributed by atoms with Gasteiger partial charge in [0, 0.05) is 13.1 Å². The number of aliphatic imine (C=N–C) groups is 1. The molecule has 0 fully saturated rings. The van der Waals surface area contributed by atoms with Crippen molar-refractivity contribution < 1.29 is 12.8 Å². The van der Waals surface area contributed by atoms with Gasteiger partial charge in [0.25, 0.3) is 0 Å². The molecule has 8 heteroatoms. The van der Waals surface area contributed by atoms with Gasteiger partial charge in [-0.1, -0.05) is 38.3 Å². The highest BCUT2D eigenvalue weighted by Crippen LogP contribution is 2.14. The maximum Gasteiger partial charge on any atom is 0.188 e. The Balaban J connectivity index is 0.00000484. The number of hydrogen-bond donors (Lipinski definition) is 2. The van der Waals surface area contributed by atoms with Gasteiger partial charge in [0.15, 0.2) is 15.8 Å². The van der Waals surface area contributed by atoms with Crippen LogP contribution in [0.3, 0.4) is 0 Å². The van der Waals surface area contributed by atoms with Crippen molar-refractivity contribution in [3.8, 4) is 0 Å². The molecule has 0 amide bonds. The third kappa shape index (κ3) is 8.50. The standard InChI is InChI=1S/C15H24FN3O2S.HI/c1-2-3-4-7-10-18-15(17)19-11-12-22(20,21)14-9-6-5-8-13(14)16;/h5-6,8-9H,2-4,7,10-12H2,1H3,(H3,17,18,19);1H. The second-order valence-electron chi connectivity index (χ2n) is 5.00. The number of unbranched alkanes of at least 4 members (excludes halogenated alkanes) is 3. The van der Waals surface area contributed by atoms with Crippen LogP contribution in [-0.4, -0.2) is 33.2 Å². The molecule has 1 aromatic rings. The van der Waals surface area contributed by atoms with E-state index in [4.69, 9.17) is 5.73 Å². The van der Waals surface area contributed by atoms with Crippen molar-refractivity contribution in [3.05, 3.63) is 30.1 Å². The Bertz CT molecular complexity index is 594. The van der Waals surface area contributed by atoms with Crippen molar-refractivity contribution in [2.24, 2.45) is 10.7 Å². The molecular formula is C15H25FIN3O2S. The molecule has 0 bridgehead atoms. The van der Waals surface area contributed by atoms with Crippen molar-refractivity contribution in [3.63, 3.8) is 0 Å². The number of rotatable bonds is 9. The molecule has 0 saturated heterocycles. The fourth-order valence-corrected chi connectivity index (χ4v) is 3.16. The van der Waals surface area contributed by atoms with Gasteiger partial charge in [-0.25, -0.2) is 12.8 Å². The monoisotopic (exact) mass is 457 g/mol. The predicted octanol–water partition coefficient (Wildman–Crippen LogP) is 2.70. The van der Waals surface area contributed by atoms with Crippen LogP contribution in [0.15, 0.2) is 34.2 Å². The Morgan fingerprint density at radius 3 is 2.61 bits per heavy atom. The lowest BCUT2D eigenvalue weighted by Gasteiger charge is -2.07. The van der Waals surface area contributed by atoms with Gasteiger partial charge < -0.3 is 11.1 Å². The highest BCUT2D eigenvalue weighted by Gasteiger charge is 2.18. The van der Waals surface area contributed by atoms with E-state index in [1.165, 1.54) is 24.6 Å². The molecule has 0 unspecified atom stereocenters. The van der Waals surface area contributed by atoms with E-state index in [0.717, 1.165) is 25.3 Å². The summed E-state index contributed by atoms with van der Waals surface area (Å²) in [6, 6.07) is 5.34. The number of hydrogen-bond acceptors (Lipinski definition) is 3. The van der Waals surface area contributed by atoms with E-state index in [0.29, 0.717) is 6.54 Å². The molecule has 0 saturated carbocycles. The average molecular weight is 457 g/mol. The van der Waals surface area contributed by atoms with Crippen LogP contribution in [0.2, 0.25) is 0 Å². The molecule has 0 aromatic heterocycles. The molecule has 23 heavy (non-hydrogen) atoms. The first-order valence-electron chi connectivity index (χ1n) is 7.48. The van der Waals surface area contributed by atoms with E-state index in [2.05, 4.69) is 17.2 Å². The van der Waals surface area contributed by atoms with Gasteiger partial charge in [-0.2, -0.15) is 0 Å². The van der Waals surface area contributed by atoms with Gasteiger partial charge in [0.05, 0.1) is 5.75 Å². The van der Waals surface area contributed by atoms with E-state index in [1.807, 2.05) is 0 Å². The topological polar surface area (TPSA) is 84.5 Å². The Morgan fingerprint density at radius 1 is 1.26 bits per heavy atom. The summed E-state index contributed by atoms with van der Waals surface area (Å²) in [5.41, 5.74) is 5.66. The molecule has 1 rings (SSSR count). The Hall–Kier alpha value is -0.900. The second kappa shape index (κ2) is 11.6. The highest BCUT2D eigenvalue weighted by molar-refractivity contribution is 14.0. The van der Waals surface area contributed by atoms with Gasteiger partial charge >= 0.3 is 0 Å². The molecule has 0 spiro atoms. The maximum absolute atomic E-state index is 13.5. The number of nitrogens with one attached hydrogen (secondary N) is 1. The van der Waals surface area contributed by atoms with Gasteiger partial charge in [-0.3, -0.25) is 4.99 Å². The lowest BCUT2D eigenvalue weighted by molar-refractivity contribution is 0.566.